The Balaban J connectivity index is 1.50. The lowest BCUT2D eigenvalue weighted by molar-refractivity contribution is -0.140. The van der Waals surface area contributed by atoms with Gasteiger partial charge in [0.25, 0.3) is 0 Å². The van der Waals surface area contributed by atoms with Gasteiger partial charge in [-0.25, -0.2) is 4.68 Å². The quantitative estimate of drug-likeness (QED) is 0.793. The topological polar surface area (TPSA) is 97.2 Å². The van der Waals surface area contributed by atoms with Crippen LogP contribution in [-0.4, -0.2) is 49.7 Å². The zero-order valence-corrected chi connectivity index (χ0v) is 13.5. The number of rotatable bonds is 5. The van der Waals surface area contributed by atoms with Gasteiger partial charge in [0.1, 0.15) is 18.3 Å². The third-order valence-electron chi connectivity index (χ3n) is 4.41. The molecule has 8 heteroatoms. The lowest BCUT2D eigenvalue weighted by atomic mass is 10.2. The van der Waals surface area contributed by atoms with E-state index in [4.69, 9.17) is 0 Å². The van der Waals surface area contributed by atoms with Gasteiger partial charge in [-0.3, -0.25) is 19.7 Å². The van der Waals surface area contributed by atoms with Gasteiger partial charge in [-0.15, -0.1) is 5.10 Å². The molecule has 2 aromatic rings. The van der Waals surface area contributed by atoms with Crippen molar-refractivity contribution in [1.29, 1.82) is 0 Å². The molecule has 1 aromatic carbocycles. The van der Waals surface area contributed by atoms with E-state index in [9.17, 15) is 14.4 Å². The molecule has 2 aliphatic rings. The number of benzene rings is 1. The number of aromatic nitrogens is 3. The van der Waals surface area contributed by atoms with Crippen LogP contribution in [0.15, 0.2) is 36.5 Å². The largest absolute Gasteiger partial charge is 0.326 e. The first-order valence-corrected chi connectivity index (χ1v) is 8.22. The molecule has 1 unspecified atom stereocenters. The molecule has 128 valence electrons. The Bertz CT molecular complexity index is 828. The molecule has 1 aliphatic carbocycles. The Hall–Kier alpha value is -3.03. The molecule has 3 amide bonds. The number of hydrogen-bond donors (Lipinski definition) is 1. The predicted molar refractivity (Wildman–Crippen MR) is 86.9 cm³/mol. The van der Waals surface area contributed by atoms with Crippen LogP contribution in [0.1, 0.15) is 19.3 Å². The molecular formula is C17H17N5O3. The highest BCUT2D eigenvalue weighted by molar-refractivity contribution is 6.06. The Labute approximate surface area is 143 Å². The van der Waals surface area contributed by atoms with Crippen LogP contribution >= 0.6 is 0 Å². The van der Waals surface area contributed by atoms with Crippen molar-refractivity contribution in [3.05, 3.63) is 36.5 Å². The fourth-order valence-electron chi connectivity index (χ4n) is 3.09. The van der Waals surface area contributed by atoms with Gasteiger partial charge >= 0.3 is 0 Å². The highest BCUT2D eigenvalue weighted by Crippen LogP contribution is 2.31. The first-order chi connectivity index (χ1) is 12.1. The average Bonchev–Trinajstić information content (AvgIpc) is 3.22. The number of imide groups is 1. The van der Waals surface area contributed by atoms with Gasteiger partial charge in [0, 0.05) is 11.6 Å². The molecule has 1 saturated heterocycles. The second-order valence-corrected chi connectivity index (χ2v) is 6.33. The molecule has 2 fully saturated rings. The Morgan fingerprint density at radius 3 is 2.64 bits per heavy atom. The molecule has 8 nitrogen and oxygen atoms in total. The van der Waals surface area contributed by atoms with E-state index in [1.165, 1.54) is 4.68 Å². The summed E-state index contributed by atoms with van der Waals surface area (Å²) in [5, 5.41) is 10.4. The van der Waals surface area contributed by atoms with Gasteiger partial charge in [0.15, 0.2) is 0 Å². The molecule has 0 bridgehead atoms. The van der Waals surface area contributed by atoms with Crippen molar-refractivity contribution in [3.63, 3.8) is 0 Å². The Kier molecular flexibility index (Phi) is 3.79. The first kappa shape index (κ1) is 15.5. The summed E-state index contributed by atoms with van der Waals surface area (Å²) in [6, 6.07) is 8.89. The minimum absolute atomic E-state index is 0.00565. The lowest BCUT2D eigenvalue weighted by Gasteiger charge is -2.26. The highest BCUT2D eigenvalue weighted by Gasteiger charge is 2.44. The standard InChI is InChI=1S/C17H17N5O3/c23-15-8-14(17(25)18-15)22(12-6-7-12)16(24)10-21-9-13(19-20-21)11-4-2-1-3-5-11/h1-5,9,12,14H,6-8,10H2,(H,18,23,25). The summed E-state index contributed by atoms with van der Waals surface area (Å²) in [6.45, 7) is -0.00565. The van der Waals surface area contributed by atoms with Crippen LogP contribution in [0.3, 0.4) is 0 Å². The minimum atomic E-state index is -0.704. The zero-order chi connectivity index (χ0) is 17.4. The van der Waals surface area contributed by atoms with Crippen LogP contribution in [0.5, 0.6) is 0 Å². The number of carbonyl (C=O) groups is 3. The van der Waals surface area contributed by atoms with Gasteiger partial charge in [-0.05, 0) is 12.8 Å². The molecule has 25 heavy (non-hydrogen) atoms. The van der Waals surface area contributed by atoms with E-state index < -0.39 is 11.9 Å². The summed E-state index contributed by atoms with van der Waals surface area (Å²) < 4.78 is 1.47. The van der Waals surface area contributed by atoms with E-state index in [0.717, 1.165) is 18.4 Å². The van der Waals surface area contributed by atoms with E-state index in [2.05, 4.69) is 15.6 Å². The summed E-state index contributed by atoms with van der Waals surface area (Å²) in [7, 11) is 0. The third kappa shape index (κ3) is 3.15. The van der Waals surface area contributed by atoms with E-state index >= 15 is 0 Å². The van der Waals surface area contributed by atoms with Crippen LogP contribution in [0.4, 0.5) is 0 Å². The molecule has 2 heterocycles. The Morgan fingerprint density at radius 1 is 1.24 bits per heavy atom. The van der Waals surface area contributed by atoms with Crippen LogP contribution < -0.4 is 5.32 Å². The van der Waals surface area contributed by atoms with E-state index in [-0.39, 0.29) is 30.8 Å². The summed E-state index contributed by atoms with van der Waals surface area (Å²) in [5.41, 5.74) is 1.60. The van der Waals surface area contributed by atoms with Gasteiger partial charge in [-0.1, -0.05) is 35.5 Å². The van der Waals surface area contributed by atoms with Crippen LogP contribution in [0, 0.1) is 0 Å². The fraction of sp³-hybridized carbons (Fsp3) is 0.353. The van der Waals surface area contributed by atoms with Crippen molar-refractivity contribution in [1.82, 2.24) is 25.2 Å². The van der Waals surface area contributed by atoms with Gasteiger partial charge in [0.2, 0.25) is 17.7 Å². The molecule has 1 atom stereocenters. The van der Waals surface area contributed by atoms with Crippen molar-refractivity contribution in [2.24, 2.45) is 0 Å². The van der Waals surface area contributed by atoms with Crippen molar-refractivity contribution in [2.45, 2.75) is 37.9 Å². The number of amides is 3. The smallest absolute Gasteiger partial charge is 0.249 e. The number of nitrogens with one attached hydrogen (secondary N) is 1. The third-order valence-corrected chi connectivity index (χ3v) is 4.41. The van der Waals surface area contributed by atoms with E-state index in [0.29, 0.717) is 5.69 Å². The normalized spacial score (nSPS) is 19.8. The SMILES string of the molecule is O=C1CC(N(C(=O)Cn2cc(-c3ccccc3)nn2)C2CC2)C(=O)N1. The molecule has 0 spiro atoms. The number of nitrogens with zero attached hydrogens (tertiary/aromatic N) is 4. The summed E-state index contributed by atoms with van der Waals surface area (Å²) in [6.07, 6.45) is 3.46. The fourth-order valence-corrected chi connectivity index (χ4v) is 3.09. The molecule has 4 rings (SSSR count). The summed E-state index contributed by atoms with van der Waals surface area (Å²) in [5.74, 6) is -0.948. The van der Waals surface area contributed by atoms with Crippen molar-refractivity contribution in [3.8, 4) is 11.3 Å². The van der Waals surface area contributed by atoms with Crippen molar-refractivity contribution < 1.29 is 14.4 Å². The maximum Gasteiger partial charge on any atom is 0.249 e. The van der Waals surface area contributed by atoms with Gasteiger partial charge < -0.3 is 4.90 Å². The monoisotopic (exact) mass is 339 g/mol. The second-order valence-electron chi connectivity index (χ2n) is 6.33. The van der Waals surface area contributed by atoms with E-state index in [1.54, 1.807) is 11.1 Å². The predicted octanol–water partition coefficient (Wildman–Crippen LogP) is 0.351. The Morgan fingerprint density at radius 2 is 2.00 bits per heavy atom. The van der Waals surface area contributed by atoms with Crippen LogP contribution in [0.2, 0.25) is 0 Å². The maximum atomic E-state index is 12.7. The lowest BCUT2D eigenvalue weighted by Crippen LogP contribution is -2.47. The van der Waals surface area contributed by atoms with E-state index in [1.807, 2.05) is 30.3 Å². The molecular weight excluding hydrogens is 322 g/mol. The molecule has 1 aromatic heterocycles. The zero-order valence-electron chi connectivity index (χ0n) is 13.5. The molecule has 0 radical (unpaired) electrons. The first-order valence-electron chi connectivity index (χ1n) is 8.22. The van der Waals surface area contributed by atoms with Gasteiger partial charge in [0.05, 0.1) is 12.6 Å². The van der Waals surface area contributed by atoms with Crippen molar-refractivity contribution in [2.75, 3.05) is 0 Å². The second kappa shape index (κ2) is 6.12. The highest BCUT2D eigenvalue weighted by atomic mass is 16.2. The van der Waals surface area contributed by atoms with Crippen LogP contribution in [-0.2, 0) is 20.9 Å². The number of hydrogen-bond acceptors (Lipinski definition) is 5. The number of carbonyl (C=O) groups excluding carboxylic acids is 3. The maximum absolute atomic E-state index is 12.7. The summed E-state index contributed by atoms with van der Waals surface area (Å²) in [4.78, 5) is 37.7. The molecule has 1 N–H and O–H groups in total. The van der Waals surface area contributed by atoms with Crippen LogP contribution in [0.25, 0.3) is 11.3 Å². The molecule has 1 saturated carbocycles. The van der Waals surface area contributed by atoms with Gasteiger partial charge in [-0.2, -0.15) is 0 Å². The summed E-state index contributed by atoms with van der Waals surface area (Å²) >= 11 is 0. The minimum Gasteiger partial charge on any atom is -0.326 e. The van der Waals surface area contributed by atoms with Crippen molar-refractivity contribution >= 4 is 17.7 Å². The molecule has 1 aliphatic heterocycles. The average molecular weight is 339 g/mol.